The molecule has 13 heteroatoms. The molecule has 0 amide bonds. The van der Waals surface area contributed by atoms with Crippen molar-refractivity contribution in [2.75, 3.05) is 26.4 Å². The molecule has 2 fully saturated rings. The lowest BCUT2D eigenvalue weighted by molar-refractivity contribution is -0.148. The van der Waals surface area contributed by atoms with Crippen LogP contribution in [0.4, 0.5) is 9.59 Å². The molecule has 1 N–H and O–H groups in total. The van der Waals surface area contributed by atoms with Crippen LogP contribution in [0, 0.1) is 47.3 Å². The molecule has 0 aromatic heterocycles. The van der Waals surface area contributed by atoms with Crippen LogP contribution in [-0.4, -0.2) is 67.3 Å². The number of fused-ring (bicyclic) bond motifs is 4. The fourth-order valence-electron chi connectivity index (χ4n) is 13.3. The van der Waals surface area contributed by atoms with Crippen LogP contribution in [0.5, 0.6) is 11.5 Å². The Balaban J connectivity index is 0.000000239. The number of halogens is 1. The van der Waals surface area contributed by atoms with E-state index in [0.717, 1.165) is 113 Å². The van der Waals surface area contributed by atoms with Crippen LogP contribution in [0.25, 0.3) is 0 Å². The summed E-state index contributed by atoms with van der Waals surface area (Å²) in [6.45, 7) is 13.7. The number of ether oxygens (including phenoxy) is 7. The molecule has 0 aliphatic heterocycles. The monoisotopic (exact) mass is 1140 g/mol. The maximum absolute atomic E-state index is 12.4. The van der Waals surface area contributed by atoms with E-state index >= 15 is 0 Å². The Kier molecular flexibility index (Phi) is 27.7. The van der Waals surface area contributed by atoms with Crippen molar-refractivity contribution in [1.29, 1.82) is 0 Å². The number of hydrogen-bond acceptors (Lipinski definition) is 12. The maximum Gasteiger partial charge on any atom is 0.508 e. The van der Waals surface area contributed by atoms with Crippen LogP contribution >= 0.6 is 11.6 Å². The number of aliphatic hydroxyl groups excluding tert-OH is 1. The SMILES string of the molecule is CCCCC[C@@H](CC[C@@H]1[C@H]2Cc3cccc(OCC(=O)OCc4ccccc4)c3C[C@H]2C[C@H]1C)OC(=O)OCC.CCCCC[C@H](O)CC[C@@H]1[C@H]2Cc3cccc(OCC(=O)OCc4ccccc4)c3C[C@H]2C[C@H]1C.CCOC(=O)Cl. The standard InChI is InChI=1S/C34H46O6.C31H42O4.C3H5ClO2/c1-4-6-8-15-28(40-34(36)37-5-2)17-18-29-24(3)19-27-21-31-26(20-30(27)29)14-11-16-32(31)38-23-33(35)39-22-25-12-9-7-10-13-25;1-3-4-6-13-26(32)15-16-27-22(2)17-25-19-29-24(18-28(25)27)12-9-14-30(29)34-21-31(33)35-20-23-10-7-5-8-11-23;1-2-6-3(4)5/h7,9-14,16,24,27-30H,4-6,8,15,17-23H2,1-3H3;5,7-12,14,22,25-28,32H,3-4,6,13,15-21H2,1-2H3;2H2,1H3/t24-,27-,28+,29+,30+;22-,25-,26+,27+,28+;/m11./s1. The van der Waals surface area contributed by atoms with Gasteiger partial charge in [0.15, 0.2) is 13.2 Å². The van der Waals surface area contributed by atoms with Crippen molar-refractivity contribution in [1.82, 2.24) is 0 Å². The van der Waals surface area contributed by atoms with Gasteiger partial charge in [0.05, 0.1) is 19.3 Å². The van der Waals surface area contributed by atoms with Crippen LogP contribution in [0.15, 0.2) is 97.1 Å². The zero-order chi connectivity index (χ0) is 57.9. The van der Waals surface area contributed by atoms with E-state index in [1.807, 2.05) is 85.8 Å². The topological polar surface area (TPSA) is 153 Å². The average molecular weight is 1140 g/mol. The Hall–Kier alpha value is -5.59. The summed E-state index contributed by atoms with van der Waals surface area (Å²) in [6.07, 6.45) is 18.6. The third kappa shape index (κ3) is 21.0. The van der Waals surface area contributed by atoms with Gasteiger partial charge in [-0.15, -0.1) is 0 Å². The first-order chi connectivity index (χ1) is 39.3. The molecule has 8 rings (SSSR count). The fraction of sp³-hybridized carbons (Fsp3) is 0.588. The minimum Gasteiger partial charge on any atom is -0.482 e. The highest BCUT2D eigenvalue weighted by molar-refractivity contribution is 6.61. The number of hydrogen-bond donors (Lipinski definition) is 1. The molecule has 4 aliphatic rings. The Labute approximate surface area is 488 Å². The third-order valence-electron chi connectivity index (χ3n) is 17.3. The van der Waals surface area contributed by atoms with Gasteiger partial charge in [0.2, 0.25) is 0 Å². The van der Waals surface area contributed by atoms with E-state index in [4.69, 9.17) is 40.0 Å². The normalized spacial score (nSPS) is 21.8. The average Bonchev–Trinajstić information content (AvgIpc) is 4.22. The van der Waals surface area contributed by atoms with Crippen LogP contribution < -0.4 is 9.47 Å². The van der Waals surface area contributed by atoms with E-state index in [-0.39, 0.29) is 50.6 Å². The molecule has 0 unspecified atom stereocenters. The second kappa shape index (κ2) is 34.8. The molecule has 4 aromatic rings. The quantitative estimate of drug-likeness (QED) is 0.0262. The van der Waals surface area contributed by atoms with Crippen molar-refractivity contribution in [3.8, 4) is 11.5 Å². The predicted octanol–water partition coefficient (Wildman–Crippen LogP) is 15.6. The van der Waals surface area contributed by atoms with Gasteiger partial charge >= 0.3 is 23.5 Å². The fourth-order valence-corrected chi connectivity index (χ4v) is 13.4. The van der Waals surface area contributed by atoms with Crippen molar-refractivity contribution in [3.05, 3.63) is 130 Å². The predicted molar refractivity (Wildman–Crippen MR) is 317 cm³/mol. The van der Waals surface area contributed by atoms with Crippen molar-refractivity contribution in [2.45, 2.75) is 183 Å². The molecule has 0 bridgehead atoms. The number of carbonyl (C=O) groups excluding carboxylic acids is 4. The molecule has 4 aliphatic carbocycles. The van der Waals surface area contributed by atoms with Crippen molar-refractivity contribution >= 4 is 35.1 Å². The highest BCUT2D eigenvalue weighted by Gasteiger charge is 2.45. The number of esters is 2. The Morgan fingerprint density at radius 1 is 0.543 bits per heavy atom. The molecular formula is C68H93ClO12. The molecule has 444 valence electrons. The second-order valence-corrected chi connectivity index (χ2v) is 23.3. The molecule has 0 radical (unpaired) electrons. The molecule has 0 saturated heterocycles. The van der Waals surface area contributed by atoms with E-state index in [1.165, 1.54) is 47.9 Å². The van der Waals surface area contributed by atoms with Crippen molar-refractivity contribution in [2.24, 2.45) is 47.3 Å². The van der Waals surface area contributed by atoms with Gasteiger partial charge in [0, 0.05) is 11.6 Å². The Morgan fingerprint density at radius 2 is 1.01 bits per heavy atom. The first kappa shape index (κ1) is 64.6. The summed E-state index contributed by atoms with van der Waals surface area (Å²) >= 11 is 4.72. The van der Waals surface area contributed by atoms with E-state index in [2.05, 4.69) is 50.6 Å². The van der Waals surface area contributed by atoms with Gasteiger partial charge in [0.25, 0.3) is 0 Å². The number of rotatable bonds is 27. The van der Waals surface area contributed by atoms with Crippen LogP contribution in [0.1, 0.15) is 165 Å². The van der Waals surface area contributed by atoms with Gasteiger partial charge in [-0.25, -0.2) is 19.2 Å². The number of aliphatic hydroxyl groups is 1. The summed E-state index contributed by atoms with van der Waals surface area (Å²) in [5.74, 6) is 6.12. The zero-order valence-corrected chi connectivity index (χ0v) is 50.1. The molecule has 2 saturated carbocycles. The van der Waals surface area contributed by atoms with E-state index in [1.54, 1.807) is 6.92 Å². The zero-order valence-electron chi connectivity index (χ0n) is 49.3. The van der Waals surface area contributed by atoms with Crippen LogP contribution in [0.3, 0.4) is 0 Å². The molecular weight excluding hydrogens is 1040 g/mol. The number of carbonyl (C=O) groups is 4. The van der Waals surface area contributed by atoms with Gasteiger partial charge in [-0.05, 0) is 190 Å². The maximum atomic E-state index is 12.4. The van der Waals surface area contributed by atoms with Gasteiger partial charge in [-0.1, -0.05) is 145 Å². The second-order valence-electron chi connectivity index (χ2n) is 23.0. The highest BCUT2D eigenvalue weighted by atomic mass is 35.5. The molecule has 0 heterocycles. The smallest absolute Gasteiger partial charge is 0.482 e. The largest absolute Gasteiger partial charge is 0.508 e. The lowest BCUT2D eigenvalue weighted by Gasteiger charge is -2.33. The first-order valence-electron chi connectivity index (χ1n) is 30.5. The summed E-state index contributed by atoms with van der Waals surface area (Å²) in [7, 11) is 0. The third-order valence-corrected chi connectivity index (χ3v) is 17.4. The molecule has 12 nitrogen and oxygen atoms in total. The van der Waals surface area contributed by atoms with E-state index in [0.29, 0.717) is 60.6 Å². The van der Waals surface area contributed by atoms with Crippen LogP contribution in [-0.2, 0) is 72.2 Å². The first-order valence-corrected chi connectivity index (χ1v) is 30.9. The van der Waals surface area contributed by atoms with Gasteiger partial charge in [-0.2, -0.15) is 0 Å². The minimum absolute atomic E-state index is 0.0632. The van der Waals surface area contributed by atoms with Gasteiger partial charge in [0.1, 0.15) is 30.8 Å². The van der Waals surface area contributed by atoms with Gasteiger partial charge in [-0.3, -0.25) is 0 Å². The van der Waals surface area contributed by atoms with E-state index in [9.17, 15) is 24.3 Å². The highest BCUT2D eigenvalue weighted by Crippen LogP contribution is 2.52. The van der Waals surface area contributed by atoms with Gasteiger partial charge < -0.3 is 38.3 Å². The molecule has 4 aromatic carbocycles. The summed E-state index contributed by atoms with van der Waals surface area (Å²) < 4.78 is 37.7. The summed E-state index contributed by atoms with van der Waals surface area (Å²) in [6, 6.07) is 31.9. The minimum atomic E-state index is -0.738. The summed E-state index contributed by atoms with van der Waals surface area (Å²) in [5, 5.41) is 10.5. The van der Waals surface area contributed by atoms with Crippen LogP contribution in [0.2, 0.25) is 0 Å². The van der Waals surface area contributed by atoms with Crippen molar-refractivity contribution in [3.63, 3.8) is 0 Å². The summed E-state index contributed by atoms with van der Waals surface area (Å²) in [5.41, 5.74) is 6.41. The Bertz CT molecular complexity index is 2500. The number of unbranched alkanes of at least 4 members (excludes halogenated alkanes) is 4. The van der Waals surface area contributed by atoms with Crippen molar-refractivity contribution < 1.29 is 57.4 Å². The lowest BCUT2D eigenvalue weighted by Crippen LogP contribution is -2.28. The molecule has 81 heavy (non-hydrogen) atoms. The lowest BCUT2D eigenvalue weighted by atomic mass is 9.73. The Morgan fingerprint density at radius 3 is 1.46 bits per heavy atom. The number of benzene rings is 4. The molecule has 10 atom stereocenters. The van der Waals surface area contributed by atoms with E-state index < -0.39 is 11.6 Å². The summed E-state index contributed by atoms with van der Waals surface area (Å²) in [4.78, 5) is 46.3. The molecule has 0 spiro atoms.